The summed E-state index contributed by atoms with van der Waals surface area (Å²) in [7, 11) is 0. The maximum atomic E-state index is 11.4. The van der Waals surface area contributed by atoms with E-state index >= 15 is 0 Å². The second kappa shape index (κ2) is 5.61. The molecule has 0 aromatic rings. The lowest BCUT2D eigenvalue weighted by atomic mass is 10.1. The third kappa shape index (κ3) is 8.10. The van der Waals surface area contributed by atoms with E-state index in [1.54, 1.807) is 13.8 Å². The number of rotatable bonds is 3. The summed E-state index contributed by atoms with van der Waals surface area (Å²) in [6.07, 6.45) is -4.56. The SMILES string of the molecule is CC(C)C(N)COC(F)(F)F.Cl. The van der Waals surface area contributed by atoms with Crippen molar-refractivity contribution >= 4 is 12.4 Å². The molecule has 0 aliphatic rings. The van der Waals surface area contributed by atoms with Gasteiger partial charge >= 0.3 is 6.36 Å². The van der Waals surface area contributed by atoms with Gasteiger partial charge in [-0.05, 0) is 5.92 Å². The molecule has 0 aromatic heterocycles. The molecule has 0 saturated heterocycles. The minimum atomic E-state index is -4.56. The molecule has 76 valence electrons. The molecule has 0 spiro atoms. The van der Waals surface area contributed by atoms with E-state index in [0.29, 0.717) is 0 Å². The zero-order valence-corrected chi connectivity index (χ0v) is 7.71. The van der Waals surface area contributed by atoms with E-state index in [1.165, 1.54) is 0 Å². The lowest BCUT2D eigenvalue weighted by Gasteiger charge is -2.16. The average molecular weight is 208 g/mol. The van der Waals surface area contributed by atoms with Crippen LogP contribution in [0.1, 0.15) is 13.8 Å². The van der Waals surface area contributed by atoms with Crippen LogP contribution in [0.3, 0.4) is 0 Å². The monoisotopic (exact) mass is 207 g/mol. The Labute approximate surface area is 75.7 Å². The zero-order valence-electron chi connectivity index (χ0n) is 6.89. The van der Waals surface area contributed by atoms with Gasteiger partial charge in [0.1, 0.15) is 0 Å². The highest BCUT2D eigenvalue weighted by atomic mass is 35.5. The maximum Gasteiger partial charge on any atom is 0.522 e. The van der Waals surface area contributed by atoms with E-state index in [4.69, 9.17) is 5.73 Å². The van der Waals surface area contributed by atoms with Crippen molar-refractivity contribution in [3.8, 4) is 0 Å². The van der Waals surface area contributed by atoms with Gasteiger partial charge in [-0.3, -0.25) is 4.74 Å². The highest BCUT2D eigenvalue weighted by molar-refractivity contribution is 5.85. The van der Waals surface area contributed by atoms with Gasteiger partial charge in [-0.15, -0.1) is 25.6 Å². The van der Waals surface area contributed by atoms with Gasteiger partial charge in [-0.1, -0.05) is 13.8 Å². The van der Waals surface area contributed by atoms with Crippen LogP contribution in [0.5, 0.6) is 0 Å². The van der Waals surface area contributed by atoms with Gasteiger partial charge in [0.2, 0.25) is 0 Å². The Morgan fingerprint density at radius 3 is 2.00 bits per heavy atom. The van der Waals surface area contributed by atoms with Crippen molar-refractivity contribution < 1.29 is 17.9 Å². The third-order valence-electron chi connectivity index (χ3n) is 1.30. The summed E-state index contributed by atoms with van der Waals surface area (Å²) in [4.78, 5) is 0. The van der Waals surface area contributed by atoms with E-state index in [1.807, 2.05) is 0 Å². The van der Waals surface area contributed by atoms with Crippen LogP contribution in [0, 0.1) is 5.92 Å². The molecule has 0 rings (SSSR count). The van der Waals surface area contributed by atoms with Gasteiger partial charge in [0.25, 0.3) is 0 Å². The molecule has 2 nitrogen and oxygen atoms in total. The molecule has 2 N–H and O–H groups in total. The van der Waals surface area contributed by atoms with Gasteiger partial charge in [-0.25, -0.2) is 0 Å². The molecule has 0 radical (unpaired) electrons. The number of hydrogen-bond donors (Lipinski definition) is 1. The van der Waals surface area contributed by atoms with Crippen molar-refractivity contribution in [3.05, 3.63) is 0 Å². The van der Waals surface area contributed by atoms with E-state index in [2.05, 4.69) is 4.74 Å². The Morgan fingerprint density at radius 1 is 1.33 bits per heavy atom. The highest BCUT2D eigenvalue weighted by Gasteiger charge is 2.30. The van der Waals surface area contributed by atoms with Gasteiger partial charge < -0.3 is 5.73 Å². The van der Waals surface area contributed by atoms with E-state index in [-0.39, 0.29) is 18.3 Å². The number of nitrogens with two attached hydrogens (primary N) is 1. The van der Waals surface area contributed by atoms with E-state index in [0.717, 1.165) is 0 Å². The summed E-state index contributed by atoms with van der Waals surface area (Å²) in [6.45, 7) is 3.01. The lowest BCUT2D eigenvalue weighted by Crippen LogP contribution is -2.34. The number of hydrogen-bond acceptors (Lipinski definition) is 2. The first-order valence-corrected chi connectivity index (χ1v) is 3.29. The molecule has 0 heterocycles. The van der Waals surface area contributed by atoms with Crippen LogP contribution in [0.25, 0.3) is 0 Å². The second-order valence-electron chi connectivity index (χ2n) is 2.66. The predicted molar refractivity (Wildman–Crippen MR) is 42.1 cm³/mol. The molecule has 0 fully saturated rings. The smallest absolute Gasteiger partial charge is 0.325 e. The second-order valence-corrected chi connectivity index (χ2v) is 2.66. The minimum absolute atomic E-state index is 0. The van der Waals surface area contributed by atoms with Gasteiger partial charge in [0.05, 0.1) is 6.61 Å². The molecular formula is C6H13ClF3NO. The standard InChI is InChI=1S/C6H12F3NO.ClH/c1-4(2)5(10)3-11-6(7,8)9;/h4-5H,3,10H2,1-2H3;1H. The molecule has 0 bridgehead atoms. The van der Waals surface area contributed by atoms with Crippen LogP contribution in [-0.2, 0) is 4.74 Å². The first-order chi connectivity index (χ1) is 4.83. The van der Waals surface area contributed by atoms with Crippen LogP contribution in [0.15, 0.2) is 0 Å². The Hall–Kier alpha value is -0.0000000000000000555. The third-order valence-corrected chi connectivity index (χ3v) is 1.30. The van der Waals surface area contributed by atoms with Gasteiger partial charge in [0.15, 0.2) is 0 Å². The molecule has 6 heteroatoms. The zero-order chi connectivity index (χ0) is 9.07. The van der Waals surface area contributed by atoms with E-state index < -0.39 is 19.0 Å². The summed E-state index contributed by atoms with van der Waals surface area (Å²) < 4.78 is 37.7. The molecule has 1 unspecified atom stereocenters. The molecule has 0 aliphatic carbocycles. The Bertz CT molecular complexity index is 118. The van der Waals surface area contributed by atoms with Gasteiger partial charge in [-0.2, -0.15) is 0 Å². The van der Waals surface area contributed by atoms with Crippen molar-refractivity contribution in [2.45, 2.75) is 26.3 Å². The minimum Gasteiger partial charge on any atom is -0.325 e. The molecule has 1 atom stereocenters. The number of alkyl halides is 3. The summed E-state index contributed by atoms with van der Waals surface area (Å²) in [5.41, 5.74) is 5.30. The summed E-state index contributed by atoms with van der Waals surface area (Å²) in [6, 6.07) is -0.559. The molecule has 0 saturated carbocycles. The number of ether oxygens (including phenoxy) is 1. The predicted octanol–water partition coefficient (Wildman–Crippen LogP) is 1.93. The topological polar surface area (TPSA) is 35.2 Å². The Balaban J connectivity index is 0. The highest BCUT2D eigenvalue weighted by Crippen LogP contribution is 2.16. The van der Waals surface area contributed by atoms with Crippen molar-refractivity contribution in [1.29, 1.82) is 0 Å². The first kappa shape index (κ1) is 14.5. The molecule has 0 amide bonds. The quantitative estimate of drug-likeness (QED) is 0.768. The summed E-state index contributed by atoms with van der Waals surface area (Å²) in [5, 5.41) is 0. The fourth-order valence-electron chi connectivity index (χ4n) is 0.383. The Morgan fingerprint density at radius 2 is 1.75 bits per heavy atom. The van der Waals surface area contributed by atoms with Crippen molar-refractivity contribution in [2.75, 3.05) is 6.61 Å². The lowest BCUT2D eigenvalue weighted by molar-refractivity contribution is -0.326. The van der Waals surface area contributed by atoms with Crippen LogP contribution >= 0.6 is 12.4 Å². The normalized spacial score (nSPS) is 14.2. The first-order valence-electron chi connectivity index (χ1n) is 3.29. The fraction of sp³-hybridized carbons (Fsp3) is 1.00. The van der Waals surface area contributed by atoms with Crippen LogP contribution in [0.4, 0.5) is 13.2 Å². The van der Waals surface area contributed by atoms with Crippen molar-refractivity contribution in [1.82, 2.24) is 0 Å². The fourth-order valence-corrected chi connectivity index (χ4v) is 0.383. The number of halogens is 4. The van der Waals surface area contributed by atoms with Crippen LogP contribution in [-0.4, -0.2) is 19.0 Å². The molecular weight excluding hydrogens is 195 g/mol. The average Bonchev–Trinajstić information content (AvgIpc) is 1.80. The molecule has 0 aliphatic heterocycles. The molecule has 12 heavy (non-hydrogen) atoms. The van der Waals surface area contributed by atoms with Crippen LogP contribution < -0.4 is 5.73 Å². The Kier molecular flexibility index (Phi) is 6.79. The summed E-state index contributed by atoms with van der Waals surface area (Å²) in [5.74, 6) is -0.00245. The van der Waals surface area contributed by atoms with Crippen molar-refractivity contribution in [2.24, 2.45) is 11.7 Å². The van der Waals surface area contributed by atoms with Gasteiger partial charge in [0, 0.05) is 6.04 Å². The largest absolute Gasteiger partial charge is 0.522 e. The van der Waals surface area contributed by atoms with E-state index in [9.17, 15) is 13.2 Å². The maximum absolute atomic E-state index is 11.4. The molecule has 0 aromatic carbocycles. The van der Waals surface area contributed by atoms with Crippen LogP contribution in [0.2, 0.25) is 0 Å². The summed E-state index contributed by atoms with van der Waals surface area (Å²) >= 11 is 0. The van der Waals surface area contributed by atoms with Crippen molar-refractivity contribution in [3.63, 3.8) is 0 Å².